The zero-order valence-corrected chi connectivity index (χ0v) is 14.2. The van der Waals surface area contributed by atoms with Gasteiger partial charge in [0.25, 0.3) is 0 Å². The maximum atomic E-state index is 11.7. The SMILES string of the molecule is CS(=O)(=O)CCN1CCN(CC(C(N)=O)c2ccccn2)CC1. The van der Waals surface area contributed by atoms with Gasteiger partial charge in [-0.25, -0.2) is 8.42 Å². The van der Waals surface area contributed by atoms with Crippen LogP contribution in [0, 0.1) is 0 Å². The number of hydrogen-bond acceptors (Lipinski definition) is 6. The zero-order chi connectivity index (χ0) is 16.9. The molecule has 1 aromatic heterocycles. The molecule has 1 atom stereocenters. The van der Waals surface area contributed by atoms with Crippen LogP contribution in [0.25, 0.3) is 0 Å². The fraction of sp³-hybridized carbons (Fsp3) is 0.600. The van der Waals surface area contributed by atoms with E-state index in [2.05, 4.69) is 14.8 Å². The van der Waals surface area contributed by atoms with Crippen molar-refractivity contribution in [3.05, 3.63) is 30.1 Å². The van der Waals surface area contributed by atoms with Crippen molar-refractivity contribution in [3.63, 3.8) is 0 Å². The molecule has 1 amide bonds. The molecule has 1 aliphatic heterocycles. The fourth-order valence-electron chi connectivity index (χ4n) is 2.66. The molecule has 0 spiro atoms. The summed E-state index contributed by atoms with van der Waals surface area (Å²) < 4.78 is 22.4. The number of pyridine rings is 1. The zero-order valence-electron chi connectivity index (χ0n) is 13.4. The maximum absolute atomic E-state index is 11.7. The molecule has 1 saturated heterocycles. The predicted octanol–water partition coefficient (Wildman–Crippen LogP) is -0.687. The van der Waals surface area contributed by atoms with Crippen molar-refractivity contribution in [1.29, 1.82) is 0 Å². The molecule has 0 aliphatic carbocycles. The summed E-state index contributed by atoms with van der Waals surface area (Å²) in [6.07, 6.45) is 2.92. The quantitative estimate of drug-likeness (QED) is 0.706. The van der Waals surface area contributed by atoms with Crippen molar-refractivity contribution in [1.82, 2.24) is 14.8 Å². The molecular weight excluding hydrogens is 316 g/mol. The van der Waals surface area contributed by atoms with Crippen LogP contribution in [0.15, 0.2) is 24.4 Å². The van der Waals surface area contributed by atoms with E-state index in [0.29, 0.717) is 18.8 Å². The lowest BCUT2D eigenvalue weighted by atomic mass is 10.0. The van der Waals surface area contributed by atoms with Crippen LogP contribution in [0.4, 0.5) is 0 Å². The largest absolute Gasteiger partial charge is 0.369 e. The maximum Gasteiger partial charge on any atom is 0.227 e. The Hall–Kier alpha value is -1.51. The molecule has 2 rings (SSSR count). The summed E-state index contributed by atoms with van der Waals surface area (Å²) in [7, 11) is -2.93. The van der Waals surface area contributed by atoms with Gasteiger partial charge in [0.05, 0.1) is 17.4 Å². The van der Waals surface area contributed by atoms with Gasteiger partial charge < -0.3 is 5.73 Å². The number of primary amides is 1. The normalized spacial score (nSPS) is 18.7. The summed E-state index contributed by atoms with van der Waals surface area (Å²) in [6, 6.07) is 5.47. The van der Waals surface area contributed by atoms with Gasteiger partial charge in [-0.1, -0.05) is 6.07 Å². The predicted molar refractivity (Wildman–Crippen MR) is 88.8 cm³/mol. The second kappa shape index (κ2) is 7.85. The molecule has 1 fully saturated rings. The molecule has 8 heteroatoms. The summed E-state index contributed by atoms with van der Waals surface area (Å²) in [6.45, 7) is 4.28. The minimum absolute atomic E-state index is 0.185. The van der Waals surface area contributed by atoms with E-state index in [-0.39, 0.29) is 11.7 Å². The summed E-state index contributed by atoms with van der Waals surface area (Å²) in [4.78, 5) is 20.3. The Bertz CT molecular complexity index is 613. The molecule has 0 radical (unpaired) electrons. The fourth-order valence-corrected chi connectivity index (χ4v) is 3.25. The lowest BCUT2D eigenvalue weighted by Crippen LogP contribution is -2.49. The second-order valence-corrected chi connectivity index (χ2v) is 8.24. The Labute approximate surface area is 137 Å². The third-order valence-corrected chi connectivity index (χ3v) is 5.00. The Morgan fingerprint density at radius 1 is 1.26 bits per heavy atom. The number of rotatable bonds is 7. The van der Waals surface area contributed by atoms with E-state index in [1.54, 1.807) is 6.20 Å². The highest BCUT2D eigenvalue weighted by Crippen LogP contribution is 2.15. The molecular formula is C15H24N4O3S. The first-order valence-electron chi connectivity index (χ1n) is 7.68. The van der Waals surface area contributed by atoms with E-state index < -0.39 is 15.8 Å². The molecule has 1 aliphatic rings. The lowest BCUT2D eigenvalue weighted by molar-refractivity contribution is -0.120. The summed E-state index contributed by atoms with van der Waals surface area (Å²) in [5.41, 5.74) is 6.22. The average molecular weight is 340 g/mol. The first-order chi connectivity index (χ1) is 10.8. The highest BCUT2D eigenvalue weighted by atomic mass is 32.2. The van der Waals surface area contributed by atoms with Crippen LogP contribution in [-0.2, 0) is 14.6 Å². The van der Waals surface area contributed by atoms with Crippen LogP contribution in [0.5, 0.6) is 0 Å². The van der Waals surface area contributed by atoms with E-state index in [9.17, 15) is 13.2 Å². The number of carbonyl (C=O) groups excluding carboxylic acids is 1. The topological polar surface area (TPSA) is 96.6 Å². The van der Waals surface area contributed by atoms with Crippen molar-refractivity contribution in [2.45, 2.75) is 5.92 Å². The van der Waals surface area contributed by atoms with Crippen LogP contribution < -0.4 is 5.73 Å². The van der Waals surface area contributed by atoms with Crippen LogP contribution in [0.1, 0.15) is 11.6 Å². The van der Waals surface area contributed by atoms with Gasteiger partial charge in [0.2, 0.25) is 5.91 Å². The van der Waals surface area contributed by atoms with Gasteiger partial charge in [-0.2, -0.15) is 0 Å². The van der Waals surface area contributed by atoms with Gasteiger partial charge in [-0.15, -0.1) is 0 Å². The first-order valence-corrected chi connectivity index (χ1v) is 9.74. The van der Waals surface area contributed by atoms with Crippen molar-refractivity contribution >= 4 is 15.7 Å². The Morgan fingerprint density at radius 2 is 1.91 bits per heavy atom. The van der Waals surface area contributed by atoms with Crippen molar-refractivity contribution in [3.8, 4) is 0 Å². The van der Waals surface area contributed by atoms with Crippen LogP contribution in [0.3, 0.4) is 0 Å². The number of piperazine rings is 1. The average Bonchev–Trinajstić information content (AvgIpc) is 2.51. The molecule has 2 heterocycles. The standard InChI is InChI=1S/C15H24N4O3S/c1-23(21,22)11-10-18-6-8-19(9-7-18)12-13(15(16)20)14-4-2-3-5-17-14/h2-5,13H,6-12H2,1H3,(H2,16,20). The smallest absolute Gasteiger partial charge is 0.227 e. The number of hydrogen-bond donors (Lipinski definition) is 1. The van der Waals surface area contributed by atoms with Crippen LogP contribution in [0.2, 0.25) is 0 Å². The van der Waals surface area contributed by atoms with Crippen molar-refractivity contribution in [2.75, 3.05) is 51.3 Å². The molecule has 23 heavy (non-hydrogen) atoms. The van der Waals surface area contributed by atoms with E-state index in [1.807, 2.05) is 18.2 Å². The van der Waals surface area contributed by atoms with Gasteiger partial charge in [-0.05, 0) is 12.1 Å². The third kappa shape index (κ3) is 5.89. The Morgan fingerprint density at radius 3 is 2.43 bits per heavy atom. The number of carbonyl (C=O) groups is 1. The molecule has 1 aromatic rings. The monoisotopic (exact) mass is 340 g/mol. The third-order valence-electron chi connectivity index (χ3n) is 4.07. The molecule has 1 unspecified atom stereocenters. The number of nitrogens with two attached hydrogens (primary N) is 1. The summed E-state index contributed by atoms with van der Waals surface area (Å²) >= 11 is 0. The van der Waals surface area contributed by atoms with Gasteiger partial charge in [0.15, 0.2) is 0 Å². The molecule has 2 N–H and O–H groups in total. The van der Waals surface area contributed by atoms with Gasteiger partial charge in [-0.3, -0.25) is 19.6 Å². The molecule has 0 saturated carbocycles. The minimum atomic E-state index is -2.93. The minimum Gasteiger partial charge on any atom is -0.369 e. The highest BCUT2D eigenvalue weighted by Gasteiger charge is 2.25. The van der Waals surface area contributed by atoms with E-state index in [4.69, 9.17) is 5.73 Å². The summed E-state index contributed by atoms with van der Waals surface area (Å²) in [5, 5.41) is 0. The van der Waals surface area contributed by atoms with Gasteiger partial charge >= 0.3 is 0 Å². The molecule has 0 bridgehead atoms. The van der Waals surface area contributed by atoms with Crippen molar-refractivity contribution in [2.24, 2.45) is 5.73 Å². The number of nitrogens with zero attached hydrogens (tertiary/aromatic N) is 3. The van der Waals surface area contributed by atoms with E-state index in [1.165, 1.54) is 6.26 Å². The molecule has 7 nitrogen and oxygen atoms in total. The van der Waals surface area contributed by atoms with Gasteiger partial charge in [0.1, 0.15) is 9.84 Å². The highest BCUT2D eigenvalue weighted by molar-refractivity contribution is 7.90. The van der Waals surface area contributed by atoms with E-state index >= 15 is 0 Å². The van der Waals surface area contributed by atoms with E-state index in [0.717, 1.165) is 26.2 Å². The Balaban J connectivity index is 1.86. The lowest BCUT2D eigenvalue weighted by Gasteiger charge is -2.35. The summed E-state index contributed by atoms with van der Waals surface area (Å²) in [5.74, 6) is -0.604. The number of aromatic nitrogens is 1. The van der Waals surface area contributed by atoms with Crippen LogP contribution in [-0.4, -0.2) is 80.4 Å². The van der Waals surface area contributed by atoms with Crippen molar-refractivity contribution < 1.29 is 13.2 Å². The van der Waals surface area contributed by atoms with Gasteiger partial charge in [0, 0.05) is 51.7 Å². The second-order valence-electron chi connectivity index (χ2n) is 5.98. The first kappa shape index (κ1) is 17.8. The Kier molecular flexibility index (Phi) is 6.09. The number of amides is 1. The molecule has 0 aromatic carbocycles. The van der Waals surface area contributed by atoms with Crippen LogP contribution >= 0.6 is 0 Å². The molecule has 128 valence electrons. The number of sulfone groups is 1.